The summed E-state index contributed by atoms with van der Waals surface area (Å²) in [5, 5.41) is 19.9. The van der Waals surface area contributed by atoms with Crippen LogP contribution in [0.1, 0.15) is 6.42 Å². The zero-order valence-corrected chi connectivity index (χ0v) is 6.04. The Morgan fingerprint density at radius 1 is 1.82 bits per heavy atom. The Balaban J connectivity index is 2.62. The van der Waals surface area contributed by atoms with Gasteiger partial charge in [0.05, 0.1) is 12.5 Å². The van der Waals surface area contributed by atoms with E-state index in [4.69, 9.17) is 10.3 Å². The first-order chi connectivity index (χ1) is 5.36. The largest absolute Gasteiger partial charge is 0.450 e. The predicted molar refractivity (Wildman–Crippen MR) is 42.4 cm³/mol. The van der Waals surface area contributed by atoms with Gasteiger partial charge >= 0.3 is 7.48 Å². The van der Waals surface area contributed by atoms with Crippen LogP contribution >= 0.6 is 0 Å². The average Bonchev–Trinajstić information content (AvgIpc) is 2.06. The topological polar surface area (TPSA) is 56.0 Å². The molecule has 1 aliphatic rings. The normalized spacial score (nSPS) is 15.6. The molecule has 0 aliphatic carbocycles. The highest BCUT2D eigenvalue weighted by Crippen LogP contribution is 2.07. The lowest BCUT2D eigenvalue weighted by Crippen LogP contribution is -2.16. The molecule has 1 rings (SSSR count). The van der Waals surface area contributed by atoms with Gasteiger partial charge in [-0.2, -0.15) is 5.26 Å². The molecular formula is C7H8BN2O. The summed E-state index contributed by atoms with van der Waals surface area (Å²) in [5.74, 6) is 0. The van der Waals surface area contributed by atoms with Crippen LogP contribution in [0.15, 0.2) is 23.3 Å². The summed E-state index contributed by atoms with van der Waals surface area (Å²) in [4.78, 5) is 0. The van der Waals surface area contributed by atoms with Crippen molar-refractivity contribution < 1.29 is 5.02 Å². The second-order valence-electron chi connectivity index (χ2n) is 2.29. The van der Waals surface area contributed by atoms with E-state index in [0.717, 1.165) is 13.1 Å². The van der Waals surface area contributed by atoms with E-state index in [9.17, 15) is 0 Å². The van der Waals surface area contributed by atoms with Gasteiger partial charge in [0.1, 0.15) is 0 Å². The van der Waals surface area contributed by atoms with E-state index in [0.29, 0.717) is 18.4 Å². The maximum Gasteiger partial charge on any atom is 0.328 e. The van der Waals surface area contributed by atoms with Crippen LogP contribution in [-0.4, -0.2) is 19.1 Å². The Morgan fingerprint density at radius 3 is 3.27 bits per heavy atom. The van der Waals surface area contributed by atoms with Crippen LogP contribution in [0.25, 0.3) is 0 Å². The molecule has 4 heteroatoms. The summed E-state index contributed by atoms with van der Waals surface area (Å²) in [6.07, 6.45) is 3.93. The minimum Gasteiger partial charge on any atom is -0.450 e. The molecule has 55 valence electrons. The fraction of sp³-hybridized carbons (Fsp3) is 0.286. The minimum atomic E-state index is 0.415. The molecule has 0 bridgehead atoms. The first-order valence-electron chi connectivity index (χ1n) is 3.34. The van der Waals surface area contributed by atoms with Crippen LogP contribution in [0.3, 0.4) is 0 Å². The summed E-state index contributed by atoms with van der Waals surface area (Å²) >= 11 is 0. The van der Waals surface area contributed by atoms with Crippen molar-refractivity contribution >= 4 is 7.48 Å². The number of allylic oxidation sites excluding steroid dienone is 2. The van der Waals surface area contributed by atoms with Crippen molar-refractivity contribution in [1.29, 1.82) is 5.26 Å². The maximum atomic E-state index is 8.62. The molecule has 0 atom stereocenters. The monoisotopic (exact) mass is 147 g/mol. The molecule has 0 aromatic rings. The molecule has 11 heavy (non-hydrogen) atoms. The van der Waals surface area contributed by atoms with Crippen LogP contribution in [0.2, 0.25) is 0 Å². The van der Waals surface area contributed by atoms with Gasteiger partial charge in [0.15, 0.2) is 0 Å². The standard InChI is InChI=1S/C7H8BN2O/c9-2-1-6-3-7(8-11)5-10-4-6/h3,5,10-11H,1,4H2. The highest BCUT2D eigenvalue weighted by atomic mass is 16.2. The number of hydrogen-bond acceptors (Lipinski definition) is 3. The Kier molecular flexibility index (Phi) is 2.76. The van der Waals surface area contributed by atoms with E-state index in [1.54, 1.807) is 12.3 Å². The fourth-order valence-corrected chi connectivity index (χ4v) is 0.918. The highest BCUT2D eigenvalue weighted by molar-refractivity contribution is 6.37. The van der Waals surface area contributed by atoms with Crippen LogP contribution in [0.5, 0.6) is 0 Å². The Morgan fingerprint density at radius 2 is 2.64 bits per heavy atom. The number of nitrogens with one attached hydrogen (secondary N) is 1. The molecule has 1 radical (unpaired) electrons. The number of hydrogen-bond donors (Lipinski definition) is 2. The first-order valence-corrected chi connectivity index (χ1v) is 3.34. The summed E-state index contributed by atoms with van der Waals surface area (Å²) in [6.45, 7) is 0.699. The fourth-order valence-electron chi connectivity index (χ4n) is 0.918. The van der Waals surface area contributed by atoms with E-state index in [2.05, 4.69) is 11.4 Å². The molecule has 0 fully saturated rings. The van der Waals surface area contributed by atoms with E-state index in [1.807, 2.05) is 0 Å². The molecule has 0 aromatic carbocycles. The van der Waals surface area contributed by atoms with Crippen molar-refractivity contribution in [2.24, 2.45) is 0 Å². The van der Waals surface area contributed by atoms with E-state index in [1.165, 1.54) is 0 Å². The lowest BCUT2D eigenvalue weighted by molar-refractivity contribution is 0.611. The van der Waals surface area contributed by atoms with Gasteiger partial charge in [-0.05, 0) is 17.2 Å². The lowest BCUT2D eigenvalue weighted by Gasteiger charge is -2.10. The third-order valence-electron chi connectivity index (χ3n) is 1.42. The van der Waals surface area contributed by atoms with E-state index < -0.39 is 0 Å². The van der Waals surface area contributed by atoms with Crippen LogP contribution in [0, 0.1) is 11.3 Å². The highest BCUT2D eigenvalue weighted by Gasteiger charge is 2.03. The predicted octanol–water partition coefficient (Wildman–Crippen LogP) is -0.117. The number of nitrogens with zero attached hydrogens (tertiary/aromatic N) is 1. The van der Waals surface area contributed by atoms with E-state index >= 15 is 0 Å². The van der Waals surface area contributed by atoms with Crippen molar-refractivity contribution in [3.63, 3.8) is 0 Å². The van der Waals surface area contributed by atoms with Crippen molar-refractivity contribution in [2.75, 3.05) is 6.54 Å². The van der Waals surface area contributed by atoms with Gasteiger partial charge in [-0.15, -0.1) is 0 Å². The van der Waals surface area contributed by atoms with Gasteiger partial charge in [-0.3, -0.25) is 0 Å². The molecule has 0 unspecified atom stereocenters. The SMILES string of the molecule is N#CCC1=CC([B]O)=CNC1. The molecule has 3 nitrogen and oxygen atoms in total. The smallest absolute Gasteiger partial charge is 0.328 e. The number of rotatable bonds is 2. The van der Waals surface area contributed by atoms with Crippen molar-refractivity contribution in [3.05, 3.63) is 23.3 Å². The Labute approximate surface area is 66.3 Å². The van der Waals surface area contributed by atoms with Gasteiger partial charge in [0.2, 0.25) is 0 Å². The average molecular weight is 147 g/mol. The maximum absolute atomic E-state index is 8.62. The van der Waals surface area contributed by atoms with Crippen molar-refractivity contribution in [1.82, 2.24) is 5.32 Å². The molecule has 0 saturated heterocycles. The third-order valence-corrected chi connectivity index (χ3v) is 1.42. The van der Waals surface area contributed by atoms with E-state index in [-0.39, 0.29) is 0 Å². The lowest BCUT2D eigenvalue weighted by atomic mass is 9.85. The first kappa shape index (κ1) is 7.90. The minimum absolute atomic E-state index is 0.415. The van der Waals surface area contributed by atoms with Crippen LogP contribution in [0.4, 0.5) is 0 Å². The van der Waals surface area contributed by atoms with Gasteiger partial charge in [0, 0.05) is 6.54 Å². The van der Waals surface area contributed by atoms with Crippen LogP contribution in [-0.2, 0) is 0 Å². The number of nitriles is 1. The molecule has 1 heterocycles. The summed E-state index contributed by atoms with van der Waals surface area (Å²) in [7, 11) is 1.02. The van der Waals surface area contributed by atoms with Gasteiger partial charge in [0.25, 0.3) is 0 Å². The summed E-state index contributed by atoms with van der Waals surface area (Å²) in [6, 6.07) is 2.05. The van der Waals surface area contributed by atoms with Crippen molar-refractivity contribution in [2.45, 2.75) is 6.42 Å². The quantitative estimate of drug-likeness (QED) is 0.535. The Hall–Kier alpha value is -1.21. The summed E-state index contributed by atoms with van der Waals surface area (Å²) < 4.78 is 0. The van der Waals surface area contributed by atoms with Crippen molar-refractivity contribution in [3.8, 4) is 6.07 Å². The molecule has 0 saturated carbocycles. The summed E-state index contributed by atoms with van der Waals surface area (Å²) in [5.41, 5.74) is 1.71. The molecule has 0 aromatic heterocycles. The molecule has 0 amide bonds. The Bertz CT molecular complexity index is 239. The van der Waals surface area contributed by atoms with Crippen LogP contribution < -0.4 is 5.32 Å². The van der Waals surface area contributed by atoms with Gasteiger partial charge < -0.3 is 10.3 Å². The molecular weight excluding hydrogens is 139 g/mol. The molecule has 2 N–H and O–H groups in total. The zero-order chi connectivity index (χ0) is 8.10. The second kappa shape index (κ2) is 3.84. The second-order valence-corrected chi connectivity index (χ2v) is 2.29. The number of dihydropyridines is 1. The van der Waals surface area contributed by atoms with Gasteiger partial charge in [-0.25, -0.2) is 0 Å². The molecule has 0 spiro atoms. The zero-order valence-electron chi connectivity index (χ0n) is 6.04. The third kappa shape index (κ3) is 2.13. The molecule has 1 aliphatic heterocycles. The van der Waals surface area contributed by atoms with Gasteiger partial charge in [-0.1, -0.05) is 6.08 Å².